The SMILES string of the molecule is O=C(CCNCCc1ccccc1F)N1CCN(c2cccc(Cl)c2)CC1. The normalized spacial score (nSPS) is 14.4. The third kappa shape index (κ3) is 5.68. The highest BCUT2D eigenvalue weighted by Crippen LogP contribution is 2.20. The molecule has 6 heteroatoms. The van der Waals surface area contributed by atoms with Crippen LogP contribution >= 0.6 is 11.6 Å². The minimum atomic E-state index is -0.173. The number of nitrogens with zero attached hydrogens (tertiary/aromatic N) is 2. The number of halogens is 2. The molecular formula is C21H25ClFN3O. The molecule has 0 radical (unpaired) electrons. The van der Waals surface area contributed by atoms with E-state index in [1.807, 2.05) is 35.2 Å². The molecule has 2 aromatic carbocycles. The van der Waals surface area contributed by atoms with Crippen LogP contribution in [0.15, 0.2) is 48.5 Å². The lowest BCUT2D eigenvalue weighted by molar-refractivity contribution is -0.131. The van der Waals surface area contributed by atoms with E-state index in [0.29, 0.717) is 31.5 Å². The van der Waals surface area contributed by atoms with Gasteiger partial charge in [0.05, 0.1) is 0 Å². The summed E-state index contributed by atoms with van der Waals surface area (Å²) in [5.41, 5.74) is 1.80. The van der Waals surface area contributed by atoms with Gasteiger partial charge < -0.3 is 15.1 Å². The lowest BCUT2D eigenvalue weighted by Gasteiger charge is -2.36. The van der Waals surface area contributed by atoms with E-state index >= 15 is 0 Å². The van der Waals surface area contributed by atoms with Gasteiger partial charge in [-0.25, -0.2) is 4.39 Å². The molecule has 1 N–H and O–H groups in total. The van der Waals surface area contributed by atoms with Gasteiger partial charge in [0, 0.05) is 49.9 Å². The summed E-state index contributed by atoms with van der Waals surface area (Å²) in [7, 11) is 0. The molecule has 1 heterocycles. The van der Waals surface area contributed by atoms with Crippen molar-refractivity contribution < 1.29 is 9.18 Å². The Hall–Kier alpha value is -2.11. The van der Waals surface area contributed by atoms with E-state index in [0.717, 1.165) is 36.9 Å². The molecule has 0 aliphatic carbocycles. The van der Waals surface area contributed by atoms with Gasteiger partial charge in [-0.2, -0.15) is 0 Å². The van der Waals surface area contributed by atoms with E-state index in [-0.39, 0.29) is 11.7 Å². The minimum absolute atomic E-state index is 0.166. The van der Waals surface area contributed by atoms with Gasteiger partial charge in [0.2, 0.25) is 5.91 Å². The quantitative estimate of drug-likeness (QED) is 0.738. The maximum Gasteiger partial charge on any atom is 0.223 e. The third-order valence-corrected chi connectivity index (χ3v) is 5.09. The summed E-state index contributed by atoms with van der Waals surface area (Å²) in [6.45, 7) is 4.35. The Labute approximate surface area is 164 Å². The maximum atomic E-state index is 13.5. The molecule has 1 saturated heterocycles. The standard InChI is InChI=1S/C21H25ClFN3O/c22-18-5-3-6-19(16-18)25-12-14-26(15-13-25)21(27)9-11-24-10-8-17-4-1-2-7-20(17)23/h1-7,16,24H,8-15H2. The van der Waals surface area contributed by atoms with Crippen LogP contribution in [-0.4, -0.2) is 50.1 Å². The number of benzene rings is 2. The van der Waals surface area contributed by atoms with Gasteiger partial charge in [0.25, 0.3) is 0 Å². The summed E-state index contributed by atoms with van der Waals surface area (Å²) in [6.07, 6.45) is 1.09. The molecule has 2 aromatic rings. The first-order valence-electron chi connectivity index (χ1n) is 9.36. The monoisotopic (exact) mass is 389 g/mol. The highest BCUT2D eigenvalue weighted by Gasteiger charge is 2.20. The Morgan fingerprint density at radius 1 is 1.04 bits per heavy atom. The summed E-state index contributed by atoms with van der Waals surface area (Å²) >= 11 is 6.05. The highest BCUT2D eigenvalue weighted by molar-refractivity contribution is 6.30. The number of nitrogens with one attached hydrogen (secondary N) is 1. The lowest BCUT2D eigenvalue weighted by Crippen LogP contribution is -2.49. The fraction of sp³-hybridized carbons (Fsp3) is 0.381. The highest BCUT2D eigenvalue weighted by atomic mass is 35.5. The van der Waals surface area contributed by atoms with Crippen LogP contribution in [0.25, 0.3) is 0 Å². The average Bonchev–Trinajstić information content (AvgIpc) is 2.69. The fourth-order valence-corrected chi connectivity index (χ4v) is 3.47. The molecule has 0 unspecified atom stereocenters. The van der Waals surface area contributed by atoms with Gasteiger partial charge in [0.1, 0.15) is 5.82 Å². The molecule has 0 bridgehead atoms. The van der Waals surface area contributed by atoms with Gasteiger partial charge >= 0.3 is 0 Å². The fourth-order valence-electron chi connectivity index (χ4n) is 3.29. The van der Waals surface area contributed by atoms with Crippen molar-refractivity contribution in [3.05, 3.63) is 64.9 Å². The second kappa shape index (κ2) is 9.72. The van der Waals surface area contributed by atoms with E-state index < -0.39 is 0 Å². The Bertz CT molecular complexity index is 763. The number of hydrogen-bond donors (Lipinski definition) is 1. The molecule has 1 aliphatic rings. The summed E-state index contributed by atoms with van der Waals surface area (Å²) in [5, 5.41) is 3.96. The van der Waals surface area contributed by atoms with E-state index in [1.54, 1.807) is 12.1 Å². The predicted molar refractivity (Wildman–Crippen MR) is 108 cm³/mol. The molecule has 0 atom stereocenters. The number of carbonyl (C=O) groups is 1. The van der Waals surface area contributed by atoms with E-state index in [2.05, 4.69) is 10.2 Å². The third-order valence-electron chi connectivity index (χ3n) is 4.85. The van der Waals surface area contributed by atoms with Crippen LogP contribution in [0.3, 0.4) is 0 Å². The molecule has 0 spiro atoms. The molecule has 27 heavy (non-hydrogen) atoms. The zero-order chi connectivity index (χ0) is 19.1. The smallest absolute Gasteiger partial charge is 0.223 e. The van der Waals surface area contributed by atoms with Crippen molar-refractivity contribution in [2.75, 3.05) is 44.2 Å². The van der Waals surface area contributed by atoms with E-state index in [9.17, 15) is 9.18 Å². The maximum absolute atomic E-state index is 13.5. The van der Waals surface area contributed by atoms with Crippen molar-refractivity contribution in [3.63, 3.8) is 0 Å². The van der Waals surface area contributed by atoms with Crippen molar-refractivity contribution in [2.45, 2.75) is 12.8 Å². The number of anilines is 1. The van der Waals surface area contributed by atoms with Crippen LogP contribution in [0, 0.1) is 5.82 Å². The van der Waals surface area contributed by atoms with Gasteiger partial charge in [-0.3, -0.25) is 4.79 Å². The second-order valence-corrected chi connectivity index (χ2v) is 7.13. The molecule has 1 aliphatic heterocycles. The van der Waals surface area contributed by atoms with Gasteiger partial charge in [0.15, 0.2) is 0 Å². The number of rotatable bonds is 7. The van der Waals surface area contributed by atoms with E-state index in [1.165, 1.54) is 6.07 Å². The first-order chi connectivity index (χ1) is 13.1. The summed E-state index contributed by atoms with van der Waals surface area (Å²) in [6, 6.07) is 14.6. The van der Waals surface area contributed by atoms with Crippen LogP contribution in [0.2, 0.25) is 5.02 Å². The van der Waals surface area contributed by atoms with Crippen molar-refractivity contribution in [1.29, 1.82) is 0 Å². The number of carbonyl (C=O) groups excluding carboxylic acids is 1. The molecule has 3 rings (SSSR count). The zero-order valence-electron chi connectivity index (χ0n) is 15.3. The lowest BCUT2D eigenvalue weighted by atomic mass is 10.1. The summed E-state index contributed by atoms with van der Waals surface area (Å²) < 4.78 is 13.5. The molecule has 4 nitrogen and oxygen atoms in total. The average molecular weight is 390 g/mol. The number of piperazine rings is 1. The molecule has 1 amide bonds. The molecule has 0 saturated carbocycles. The van der Waals surface area contributed by atoms with Gasteiger partial charge in [-0.05, 0) is 42.8 Å². The Morgan fingerprint density at radius 3 is 2.56 bits per heavy atom. The van der Waals surface area contributed by atoms with Crippen LogP contribution in [0.5, 0.6) is 0 Å². The van der Waals surface area contributed by atoms with E-state index in [4.69, 9.17) is 11.6 Å². The van der Waals surface area contributed by atoms with Gasteiger partial charge in [-0.15, -0.1) is 0 Å². The zero-order valence-corrected chi connectivity index (χ0v) is 16.1. The minimum Gasteiger partial charge on any atom is -0.368 e. The molecule has 1 fully saturated rings. The Kier molecular flexibility index (Phi) is 7.07. The Morgan fingerprint density at radius 2 is 1.81 bits per heavy atom. The second-order valence-electron chi connectivity index (χ2n) is 6.69. The topological polar surface area (TPSA) is 35.6 Å². The summed E-state index contributed by atoms with van der Waals surface area (Å²) in [5.74, 6) is -0.00733. The first kappa shape index (κ1) is 19.6. The largest absolute Gasteiger partial charge is 0.368 e. The Balaban J connectivity index is 1.34. The van der Waals surface area contributed by atoms with Crippen molar-refractivity contribution >= 4 is 23.2 Å². The molecule has 144 valence electrons. The first-order valence-corrected chi connectivity index (χ1v) is 9.74. The van der Waals surface area contributed by atoms with Crippen molar-refractivity contribution in [3.8, 4) is 0 Å². The van der Waals surface area contributed by atoms with Crippen LogP contribution < -0.4 is 10.2 Å². The van der Waals surface area contributed by atoms with Crippen LogP contribution in [0.1, 0.15) is 12.0 Å². The predicted octanol–water partition coefficient (Wildman–Crippen LogP) is 3.35. The van der Waals surface area contributed by atoms with Crippen molar-refractivity contribution in [1.82, 2.24) is 10.2 Å². The summed E-state index contributed by atoms with van der Waals surface area (Å²) in [4.78, 5) is 16.5. The number of amides is 1. The molecular weight excluding hydrogens is 365 g/mol. The van der Waals surface area contributed by atoms with Crippen LogP contribution in [-0.2, 0) is 11.2 Å². The number of hydrogen-bond acceptors (Lipinski definition) is 3. The van der Waals surface area contributed by atoms with Crippen LogP contribution in [0.4, 0.5) is 10.1 Å². The van der Waals surface area contributed by atoms with Gasteiger partial charge in [-0.1, -0.05) is 35.9 Å². The molecule has 0 aromatic heterocycles. The van der Waals surface area contributed by atoms with Crippen molar-refractivity contribution in [2.24, 2.45) is 0 Å².